The maximum Gasteiger partial charge on any atom is 0.243 e. The Balaban J connectivity index is 1.63. The molecule has 4 rings (SSSR count). The van der Waals surface area contributed by atoms with Crippen LogP contribution >= 0.6 is 0 Å². The van der Waals surface area contributed by atoms with Gasteiger partial charge in [-0.3, -0.25) is 9.59 Å². The van der Waals surface area contributed by atoms with Gasteiger partial charge in [-0.25, -0.2) is 0 Å². The van der Waals surface area contributed by atoms with Crippen LogP contribution in [0.5, 0.6) is 0 Å². The number of hydrogen-bond donors (Lipinski definition) is 2. The highest BCUT2D eigenvalue weighted by Crippen LogP contribution is 2.65. The molecule has 0 aromatic rings. The van der Waals surface area contributed by atoms with Crippen LogP contribution < -0.4 is 10.6 Å². The summed E-state index contributed by atoms with van der Waals surface area (Å²) < 4.78 is 70.6. The fourth-order valence-corrected chi connectivity index (χ4v) is 7.04. The smallest absolute Gasteiger partial charge is 0.243 e. The Morgan fingerprint density at radius 2 is 1.96 bits per heavy atom. The summed E-state index contributed by atoms with van der Waals surface area (Å²) in [7, 11) is 0. The summed E-state index contributed by atoms with van der Waals surface area (Å²) >= 11 is 0. The second-order valence-electron chi connectivity index (χ2n) is 9.63. The van der Waals surface area contributed by atoms with Crippen molar-refractivity contribution < 1.29 is 21.9 Å². The molecule has 0 spiro atoms. The van der Waals surface area contributed by atoms with Crippen molar-refractivity contribution in [3.05, 3.63) is 12.2 Å². The number of carbonyl (C=O) groups is 2. The fourth-order valence-electron chi connectivity index (χ4n) is 7.04. The lowest BCUT2D eigenvalue weighted by atomic mass is 9.48. The van der Waals surface area contributed by atoms with E-state index in [0.29, 0.717) is 24.7 Å². The van der Waals surface area contributed by atoms with Crippen molar-refractivity contribution >= 4 is 11.8 Å². The molecular weight excluding hydrogens is 336 g/mol. The molecule has 1 heterocycles. The third-order valence-corrected chi connectivity index (χ3v) is 8.31. The highest BCUT2D eigenvalue weighted by molar-refractivity contribution is 5.89. The van der Waals surface area contributed by atoms with Crippen molar-refractivity contribution in [2.75, 3.05) is 0 Å². The van der Waals surface area contributed by atoms with E-state index in [1.165, 1.54) is 0 Å². The van der Waals surface area contributed by atoms with Crippen molar-refractivity contribution in [1.29, 1.82) is 0 Å². The lowest BCUT2D eigenvalue weighted by molar-refractivity contribution is -0.135. The molecule has 0 aromatic heterocycles. The van der Waals surface area contributed by atoms with Crippen LogP contribution in [0, 0.1) is 34.5 Å². The van der Waals surface area contributed by atoms with E-state index in [2.05, 4.69) is 17.6 Å². The van der Waals surface area contributed by atoms with Gasteiger partial charge in [-0.1, -0.05) is 19.9 Å². The van der Waals surface area contributed by atoms with Gasteiger partial charge < -0.3 is 10.6 Å². The van der Waals surface area contributed by atoms with E-state index in [0.717, 1.165) is 25.7 Å². The van der Waals surface area contributed by atoms with Crippen molar-refractivity contribution in [3.63, 3.8) is 0 Å². The molecule has 0 saturated heterocycles. The molecule has 150 valence electrons. The van der Waals surface area contributed by atoms with Gasteiger partial charge in [-0.05, 0) is 88.3 Å². The van der Waals surface area contributed by atoms with E-state index >= 15 is 0 Å². The molecule has 4 unspecified atom stereocenters. The lowest BCUT2D eigenvalue weighted by Crippen LogP contribution is -2.59. The van der Waals surface area contributed by atoms with Gasteiger partial charge in [0, 0.05) is 35.3 Å². The zero-order valence-electron chi connectivity index (χ0n) is 25.1. The van der Waals surface area contributed by atoms with E-state index < -0.39 is 43.3 Å². The molecule has 4 nitrogen and oxygen atoms in total. The quantitative estimate of drug-likeness (QED) is 0.725. The minimum Gasteiger partial charge on any atom is -0.351 e. The van der Waals surface area contributed by atoms with Crippen LogP contribution in [0.4, 0.5) is 0 Å². The Hall–Kier alpha value is -1.32. The van der Waals surface area contributed by atoms with Crippen LogP contribution in [0.15, 0.2) is 12.2 Å². The zero-order chi connectivity index (χ0) is 27.1. The van der Waals surface area contributed by atoms with Crippen LogP contribution in [0.3, 0.4) is 0 Å². The molecule has 1 aliphatic heterocycles. The largest absolute Gasteiger partial charge is 0.351 e. The van der Waals surface area contributed by atoms with Crippen molar-refractivity contribution in [2.45, 2.75) is 84.5 Å². The van der Waals surface area contributed by atoms with E-state index in [9.17, 15) is 9.59 Å². The monoisotopic (exact) mass is 381 g/mol. The lowest BCUT2D eigenvalue weighted by Gasteiger charge is -2.58. The van der Waals surface area contributed by atoms with E-state index in [-0.39, 0.29) is 23.3 Å². The molecule has 3 saturated carbocycles. The van der Waals surface area contributed by atoms with Gasteiger partial charge in [0.1, 0.15) is 0 Å². The Morgan fingerprint density at radius 3 is 2.70 bits per heavy atom. The first-order valence-electron chi connectivity index (χ1n) is 14.6. The summed E-state index contributed by atoms with van der Waals surface area (Å²) in [6, 6.07) is 0.0691. The zero-order valence-corrected chi connectivity index (χ0v) is 16.1. The van der Waals surface area contributed by atoms with E-state index in [4.69, 9.17) is 12.3 Å². The molecule has 0 radical (unpaired) electrons. The number of hydrogen-bond acceptors (Lipinski definition) is 2. The normalized spacial score (nSPS) is 52.4. The third kappa shape index (κ3) is 2.94. The Labute approximate surface area is 176 Å². The number of carbonyl (C=O) groups excluding carboxylic acids is 2. The molecule has 3 aliphatic carbocycles. The molecule has 0 aromatic carbocycles. The minimum atomic E-state index is -3.47. The Bertz CT molecular complexity index is 921. The summed E-state index contributed by atoms with van der Waals surface area (Å²) in [6.45, 7) is -6.22. The van der Waals surface area contributed by atoms with Crippen molar-refractivity contribution in [3.8, 4) is 0 Å². The van der Waals surface area contributed by atoms with E-state index in [1.54, 1.807) is 6.08 Å². The summed E-state index contributed by atoms with van der Waals surface area (Å²) in [4.78, 5) is 25.6. The van der Waals surface area contributed by atoms with Gasteiger partial charge >= 0.3 is 0 Å². The number of amides is 2. The molecule has 7 atom stereocenters. The average Bonchev–Trinajstić information content (AvgIpc) is 3.07. The first-order valence-corrected chi connectivity index (χ1v) is 10.1. The standard InChI is InChI=1S/C23H36N2O2/c1-21(2,3)25-20(27)17-8-7-15-14-6-9-18-23(5,13-11-19(26)24-18)16(14)10-12-22(15,17)4/h11,13-18H,6-10,12H2,1-5H3,(H,24,26)(H,25,27)/t14?,15?,16?,17-,18?,22+,23-/m1/s1/i1D3,2D3,3D3. The highest BCUT2D eigenvalue weighted by atomic mass is 16.2. The van der Waals surface area contributed by atoms with Crippen LogP contribution in [-0.4, -0.2) is 23.4 Å². The topological polar surface area (TPSA) is 58.2 Å². The van der Waals surface area contributed by atoms with Crippen LogP contribution in [-0.2, 0) is 9.59 Å². The van der Waals surface area contributed by atoms with Crippen molar-refractivity contribution in [1.82, 2.24) is 10.6 Å². The van der Waals surface area contributed by atoms with Gasteiger partial charge in [-0.15, -0.1) is 0 Å². The second kappa shape index (κ2) is 6.09. The molecule has 2 N–H and O–H groups in total. The van der Waals surface area contributed by atoms with Crippen LogP contribution in [0.2, 0.25) is 0 Å². The highest BCUT2D eigenvalue weighted by Gasteiger charge is 2.60. The SMILES string of the molecule is [2H]C([2H])([2H])C(NC(=O)[C@H]1CCC2C3CCC4NC(=O)C=C[C@]4(C)C3CC[C@@]21C)(C([2H])([2H])[2H])C([2H])([2H])[2H]. The predicted molar refractivity (Wildman–Crippen MR) is 107 cm³/mol. The first kappa shape index (κ1) is 11.0. The van der Waals surface area contributed by atoms with E-state index in [1.807, 2.05) is 13.0 Å². The minimum absolute atomic E-state index is 0.0691. The Kier molecular flexibility index (Phi) is 2.48. The molecule has 2 amide bonds. The number of nitrogens with one attached hydrogen (secondary N) is 2. The van der Waals surface area contributed by atoms with Gasteiger partial charge in [0.25, 0.3) is 0 Å². The third-order valence-electron chi connectivity index (χ3n) is 8.31. The number of rotatable bonds is 1. The maximum atomic E-state index is 13.6. The van der Waals surface area contributed by atoms with Gasteiger partial charge in [-0.2, -0.15) is 0 Å². The van der Waals surface area contributed by atoms with Gasteiger partial charge in [0.05, 0.1) is 0 Å². The summed E-state index contributed by atoms with van der Waals surface area (Å²) in [5, 5.41) is 5.20. The fraction of sp³-hybridized carbons (Fsp3) is 0.826. The predicted octanol–water partition coefficient (Wildman–Crippen LogP) is 3.81. The molecule has 4 heteroatoms. The first-order chi connectivity index (χ1) is 16.3. The molecule has 3 fully saturated rings. The molecule has 0 bridgehead atoms. The summed E-state index contributed by atoms with van der Waals surface area (Å²) in [6.07, 6.45) is 8.05. The average molecular weight is 382 g/mol. The molecule has 4 aliphatic rings. The van der Waals surface area contributed by atoms with Crippen LogP contribution in [0.1, 0.15) is 85.3 Å². The maximum absolute atomic E-state index is 13.6. The van der Waals surface area contributed by atoms with Gasteiger partial charge in [0.15, 0.2) is 0 Å². The van der Waals surface area contributed by atoms with Crippen LogP contribution in [0.25, 0.3) is 0 Å². The molecular formula is C23H36N2O2. The van der Waals surface area contributed by atoms with Gasteiger partial charge in [0.2, 0.25) is 11.8 Å². The van der Waals surface area contributed by atoms with Crippen molar-refractivity contribution in [2.24, 2.45) is 34.5 Å². The molecule has 27 heavy (non-hydrogen) atoms. The Morgan fingerprint density at radius 1 is 1.19 bits per heavy atom. The number of fused-ring (bicyclic) bond motifs is 5. The summed E-state index contributed by atoms with van der Waals surface area (Å²) in [5.41, 5.74) is -4.04. The summed E-state index contributed by atoms with van der Waals surface area (Å²) in [5.74, 6) is -0.762. The second-order valence-corrected chi connectivity index (χ2v) is 9.63.